The number of hydrogen-bond acceptors (Lipinski definition) is 3. The summed E-state index contributed by atoms with van der Waals surface area (Å²) in [6.45, 7) is 8.77. The van der Waals surface area contributed by atoms with Gasteiger partial charge in [0, 0.05) is 18.6 Å². The van der Waals surface area contributed by atoms with E-state index in [0.717, 1.165) is 25.4 Å². The maximum Gasteiger partial charge on any atom is 0.119 e. The van der Waals surface area contributed by atoms with E-state index in [1.54, 1.807) is 0 Å². The van der Waals surface area contributed by atoms with Gasteiger partial charge in [-0.05, 0) is 29.5 Å². The maximum atomic E-state index is 6.15. The Morgan fingerprint density at radius 2 is 2.21 bits per heavy atom. The van der Waals surface area contributed by atoms with Gasteiger partial charge in [0.1, 0.15) is 12.4 Å². The van der Waals surface area contributed by atoms with E-state index in [1.807, 2.05) is 12.1 Å². The summed E-state index contributed by atoms with van der Waals surface area (Å²) in [5.41, 5.74) is 7.57. The number of benzene rings is 1. The second kappa shape index (κ2) is 5.93. The minimum atomic E-state index is 0.0563. The van der Waals surface area contributed by atoms with Gasteiger partial charge in [-0.2, -0.15) is 0 Å². The van der Waals surface area contributed by atoms with Crippen molar-refractivity contribution in [3.8, 4) is 5.75 Å². The van der Waals surface area contributed by atoms with Crippen LogP contribution in [0, 0.1) is 5.92 Å². The van der Waals surface area contributed by atoms with E-state index < -0.39 is 0 Å². The van der Waals surface area contributed by atoms with Crippen LogP contribution in [-0.2, 0) is 10.2 Å². The molecule has 1 aromatic rings. The summed E-state index contributed by atoms with van der Waals surface area (Å²) in [4.78, 5) is 0. The van der Waals surface area contributed by atoms with Crippen molar-refractivity contribution < 1.29 is 9.47 Å². The molecule has 1 aliphatic rings. The molecule has 1 aromatic carbocycles. The van der Waals surface area contributed by atoms with Gasteiger partial charge in [0.2, 0.25) is 0 Å². The molecule has 0 amide bonds. The Morgan fingerprint density at radius 1 is 1.42 bits per heavy atom. The second-order valence-electron chi connectivity index (χ2n) is 6.38. The van der Waals surface area contributed by atoms with E-state index in [1.165, 1.54) is 5.56 Å². The third kappa shape index (κ3) is 3.95. The van der Waals surface area contributed by atoms with Crippen LogP contribution in [0.1, 0.15) is 32.8 Å². The molecule has 1 heterocycles. The Morgan fingerprint density at radius 3 is 2.84 bits per heavy atom. The first kappa shape index (κ1) is 14.4. The molecule has 0 aromatic heterocycles. The van der Waals surface area contributed by atoms with E-state index in [0.29, 0.717) is 12.5 Å². The fourth-order valence-corrected chi connectivity index (χ4v) is 2.27. The first-order chi connectivity index (χ1) is 8.97. The molecule has 0 aliphatic carbocycles. The third-order valence-corrected chi connectivity index (χ3v) is 3.71. The molecule has 2 rings (SSSR count). The van der Waals surface area contributed by atoms with Crippen LogP contribution in [0.4, 0.5) is 0 Å². The highest BCUT2D eigenvalue weighted by Gasteiger charge is 2.23. The lowest BCUT2D eigenvalue weighted by atomic mass is 9.87. The molecule has 0 bridgehead atoms. The van der Waals surface area contributed by atoms with Crippen molar-refractivity contribution in [1.82, 2.24) is 0 Å². The molecule has 1 saturated heterocycles. The molecule has 2 N–H and O–H groups in total. The van der Waals surface area contributed by atoms with Crippen molar-refractivity contribution >= 4 is 0 Å². The van der Waals surface area contributed by atoms with Crippen molar-refractivity contribution in [2.24, 2.45) is 11.7 Å². The first-order valence-corrected chi connectivity index (χ1v) is 7.03. The van der Waals surface area contributed by atoms with Crippen molar-refractivity contribution in [3.63, 3.8) is 0 Å². The molecule has 0 saturated carbocycles. The average molecular weight is 263 g/mol. The zero-order valence-corrected chi connectivity index (χ0v) is 12.2. The highest BCUT2D eigenvalue weighted by atomic mass is 16.5. The Bertz CT molecular complexity index is 405. The van der Waals surface area contributed by atoms with Crippen LogP contribution in [-0.4, -0.2) is 25.9 Å². The van der Waals surface area contributed by atoms with Crippen LogP contribution in [0.5, 0.6) is 5.75 Å². The maximum absolute atomic E-state index is 6.15. The monoisotopic (exact) mass is 263 g/mol. The predicted octanol–water partition coefficient (Wildman–Crippen LogP) is 2.73. The number of hydrogen-bond donors (Lipinski definition) is 1. The van der Waals surface area contributed by atoms with Crippen LogP contribution < -0.4 is 10.5 Å². The summed E-state index contributed by atoms with van der Waals surface area (Å²) in [5.74, 6) is 1.34. The van der Waals surface area contributed by atoms with Crippen molar-refractivity contribution in [3.05, 3.63) is 29.8 Å². The normalized spacial score (nSPS) is 21.4. The van der Waals surface area contributed by atoms with Crippen LogP contribution in [0.2, 0.25) is 0 Å². The molecular formula is C16H25NO2. The van der Waals surface area contributed by atoms with Gasteiger partial charge in [-0.1, -0.05) is 32.9 Å². The number of nitrogens with two attached hydrogens (primary N) is 1. The molecule has 3 nitrogen and oxygen atoms in total. The summed E-state index contributed by atoms with van der Waals surface area (Å²) in [5, 5.41) is 0. The minimum Gasteiger partial charge on any atom is -0.492 e. The highest BCUT2D eigenvalue weighted by Crippen LogP contribution is 2.26. The fourth-order valence-electron chi connectivity index (χ4n) is 2.27. The molecule has 0 spiro atoms. The first-order valence-electron chi connectivity index (χ1n) is 7.03. The Labute approximate surface area is 116 Å². The Balaban J connectivity index is 1.92. The van der Waals surface area contributed by atoms with Crippen molar-refractivity contribution in [1.29, 1.82) is 0 Å². The van der Waals surface area contributed by atoms with E-state index >= 15 is 0 Å². The molecule has 1 aliphatic heterocycles. The van der Waals surface area contributed by atoms with E-state index in [-0.39, 0.29) is 11.5 Å². The Hall–Kier alpha value is -1.06. The van der Waals surface area contributed by atoms with Gasteiger partial charge in [0.05, 0.1) is 6.61 Å². The average Bonchev–Trinajstić information content (AvgIpc) is 2.89. The lowest BCUT2D eigenvalue weighted by Gasteiger charge is -2.21. The lowest BCUT2D eigenvalue weighted by Crippen LogP contribution is -2.36. The Kier molecular flexibility index (Phi) is 4.48. The number of ether oxygens (including phenoxy) is 2. The van der Waals surface area contributed by atoms with Crippen LogP contribution in [0.3, 0.4) is 0 Å². The van der Waals surface area contributed by atoms with Gasteiger partial charge in [-0.15, -0.1) is 0 Å². The summed E-state index contributed by atoms with van der Waals surface area (Å²) in [6.07, 6.45) is 1.05. The standard InChI is InChI=1S/C16H25NO2/c1-16(2,3)13-5-4-6-14(9-13)19-11-15(17)12-7-8-18-10-12/h4-6,9,12,15H,7-8,10-11,17H2,1-3H3. The van der Waals surface area contributed by atoms with Crippen molar-refractivity contribution in [2.45, 2.75) is 38.6 Å². The second-order valence-corrected chi connectivity index (χ2v) is 6.38. The quantitative estimate of drug-likeness (QED) is 0.908. The van der Waals surface area contributed by atoms with Gasteiger partial charge < -0.3 is 15.2 Å². The summed E-state index contributed by atoms with van der Waals surface area (Å²) in [6, 6.07) is 8.34. The molecule has 2 unspecified atom stereocenters. The number of rotatable bonds is 4. The smallest absolute Gasteiger partial charge is 0.119 e. The van der Waals surface area contributed by atoms with Gasteiger partial charge in [-0.3, -0.25) is 0 Å². The predicted molar refractivity (Wildman–Crippen MR) is 77.5 cm³/mol. The zero-order valence-electron chi connectivity index (χ0n) is 12.2. The third-order valence-electron chi connectivity index (χ3n) is 3.71. The zero-order chi connectivity index (χ0) is 13.9. The molecule has 0 radical (unpaired) electrons. The van der Waals surface area contributed by atoms with Gasteiger partial charge in [0.25, 0.3) is 0 Å². The fraction of sp³-hybridized carbons (Fsp3) is 0.625. The summed E-state index contributed by atoms with van der Waals surface area (Å²) in [7, 11) is 0. The SMILES string of the molecule is CC(C)(C)c1cccc(OCC(N)C2CCOC2)c1. The topological polar surface area (TPSA) is 44.5 Å². The molecule has 106 valence electrons. The van der Waals surface area contributed by atoms with Crippen LogP contribution in [0.15, 0.2) is 24.3 Å². The van der Waals surface area contributed by atoms with E-state index in [2.05, 4.69) is 32.9 Å². The van der Waals surface area contributed by atoms with E-state index in [9.17, 15) is 0 Å². The molecule has 1 fully saturated rings. The largest absolute Gasteiger partial charge is 0.492 e. The van der Waals surface area contributed by atoms with Crippen LogP contribution in [0.25, 0.3) is 0 Å². The summed E-state index contributed by atoms with van der Waals surface area (Å²) < 4.78 is 11.2. The van der Waals surface area contributed by atoms with Gasteiger partial charge in [-0.25, -0.2) is 0 Å². The molecule has 19 heavy (non-hydrogen) atoms. The van der Waals surface area contributed by atoms with Gasteiger partial charge in [0.15, 0.2) is 0 Å². The lowest BCUT2D eigenvalue weighted by molar-refractivity contribution is 0.170. The molecule has 3 heteroatoms. The van der Waals surface area contributed by atoms with Crippen LogP contribution >= 0.6 is 0 Å². The summed E-state index contributed by atoms with van der Waals surface area (Å²) >= 11 is 0. The molecule has 2 atom stereocenters. The molecular weight excluding hydrogens is 238 g/mol. The van der Waals surface area contributed by atoms with Crippen molar-refractivity contribution in [2.75, 3.05) is 19.8 Å². The van der Waals surface area contributed by atoms with Gasteiger partial charge >= 0.3 is 0 Å². The highest BCUT2D eigenvalue weighted by molar-refractivity contribution is 5.32. The van der Waals surface area contributed by atoms with E-state index in [4.69, 9.17) is 15.2 Å². The minimum absolute atomic E-state index is 0.0563.